The van der Waals surface area contributed by atoms with Crippen LogP contribution >= 0.6 is 0 Å². The van der Waals surface area contributed by atoms with Crippen LogP contribution in [0.5, 0.6) is 0 Å². The van der Waals surface area contributed by atoms with E-state index in [9.17, 15) is 0 Å². The summed E-state index contributed by atoms with van der Waals surface area (Å²) in [6, 6.07) is 0. The predicted octanol–water partition coefficient (Wildman–Crippen LogP) is 1.27. The Hall–Kier alpha value is -0.0800. The monoisotopic (exact) mass is 157 g/mol. The second-order valence-corrected chi connectivity index (χ2v) is 3.79. The van der Waals surface area contributed by atoms with Gasteiger partial charge in [0.2, 0.25) is 0 Å². The summed E-state index contributed by atoms with van der Waals surface area (Å²) in [7, 11) is 0. The van der Waals surface area contributed by atoms with Gasteiger partial charge in [0.25, 0.3) is 0 Å². The number of hydrogen-bond acceptors (Lipinski definition) is 2. The first-order valence-corrected chi connectivity index (χ1v) is 4.50. The van der Waals surface area contributed by atoms with Crippen molar-refractivity contribution in [3.8, 4) is 0 Å². The minimum atomic E-state index is 0.440. The molecule has 0 unspecified atom stereocenters. The Kier molecular flexibility index (Phi) is 2.90. The van der Waals surface area contributed by atoms with Crippen molar-refractivity contribution in [3.63, 3.8) is 0 Å². The Morgan fingerprint density at radius 2 is 2.09 bits per heavy atom. The summed E-state index contributed by atoms with van der Waals surface area (Å²) in [4.78, 5) is 0. The Bertz CT molecular complexity index is 119. The summed E-state index contributed by atoms with van der Waals surface area (Å²) >= 11 is 0. The molecule has 0 aliphatic carbocycles. The molecule has 1 heterocycles. The quantitative estimate of drug-likeness (QED) is 0.663. The van der Waals surface area contributed by atoms with E-state index >= 15 is 0 Å². The van der Waals surface area contributed by atoms with Gasteiger partial charge in [-0.2, -0.15) is 0 Å². The second-order valence-electron chi connectivity index (χ2n) is 3.79. The first kappa shape index (κ1) is 9.01. The Balaban J connectivity index is 2.34. The fourth-order valence-electron chi connectivity index (χ4n) is 1.38. The van der Waals surface area contributed by atoms with Crippen molar-refractivity contribution in [2.75, 3.05) is 26.3 Å². The lowest BCUT2D eigenvalue weighted by Crippen LogP contribution is -2.53. The molecule has 0 aromatic carbocycles. The van der Waals surface area contributed by atoms with E-state index in [1.807, 2.05) is 0 Å². The van der Waals surface area contributed by atoms with E-state index in [1.165, 1.54) is 0 Å². The van der Waals surface area contributed by atoms with Gasteiger partial charge in [-0.3, -0.25) is 0 Å². The molecule has 1 N–H and O–H groups in total. The molecule has 11 heavy (non-hydrogen) atoms. The van der Waals surface area contributed by atoms with Gasteiger partial charge in [-0.05, 0) is 12.5 Å². The first-order valence-electron chi connectivity index (χ1n) is 4.50. The average Bonchev–Trinajstić information content (AvgIpc) is 1.85. The molecule has 0 radical (unpaired) electrons. The molecule has 0 saturated carbocycles. The van der Waals surface area contributed by atoms with Crippen LogP contribution in [0.15, 0.2) is 0 Å². The molecular formula is C9H19NO. The third kappa shape index (κ3) is 1.74. The van der Waals surface area contributed by atoms with Crippen LogP contribution in [0.4, 0.5) is 0 Å². The van der Waals surface area contributed by atoms with E-state index in [1.54, 1.807) is 0 Å². The molecule has 0 bridgehead atoms. The highest BCUT2D eigenvalue weighted by molar-refractivity contribution is 4.90. The van der Waals surface area contributed by atoms with Crippen LogP contribution in [0.3, 0.4) is 0 Å². The lowest BCUT2D eigenvalue weighted by atomic mass is 9.75. The lowest BCUT2D eigenvalue weighted by Gasteiger charge is -2.45. The van der Waals surface area contributed by atoms with Crippen LogP contribution in [-0.2, 0) is 4.74 Å². The Morgan fingerprint density at radius 1 is 1.45 bits per heavy atom. The van der Waals surface area contributed by atoms with E-state index in [4.69, 9.17) is 4.74 Å². The van der Waals surface area contributed by atoms with E-state index in [2.05, 4.69) is 26.1 Å². The van der Waals surface area contributed by atoms with Gasteiger partial charge < -0.3 is 10.1 Å². The number of hydrogen-bond donors (Lipinski definition) is 1. The number of nitrogens with one attached hydrogen (secondary N) is 1. The van der Waals surface area contributed by atoms with Crippen molar-refractivity contribution in [3.05, 3.63) is 0 Å². The molecule has 1 rings (SSSR count). The molecular weight excluding hydrogens is 138 g/mol. The maximum absolute atomic E-state index is 5.26. The summed E-state index contributed by atoms with van der Waals surface area (Å²) in [5.41, 5.74) is 0.440. The average molecular weight is 157 g/mol. The highest BCUT2D eigenvalue weighted by atomic mass is 16.5. The van der Waals surface area contributed by atoms with Crippen molar-refractivity contribution in [1.29, 1.82) is 0 Å². The summed E-state index contributed by atoms with van der Waals surface area (Å²) in [6.07, 6.45) is 0. The van der Waals surface area contributed by atoms with E-state index in [-0.39, 0.29) is 0 Å². The molecule has 0 aromatic heterocycles. The van der Waals surface area contributed by atoms with E-state index in [0.29, 0.717) is 5.41 Å². The van der Waals surface area contributed by atoms with Crippen LogP contribution in [0, 0.1) is 11.3 Å². The van der Waals surface area contributed by atoms with Crippen molar-refractivity contribution in [2.45, 2.75) is 20.8 Å². The summed E-state index contributed by atoms with van der Waals surface area (Å²) in [5, 5.41) is 3.39. The standard InChI is InChI=1S/C9H19NO/c1-4-10-5-9(8(2)3)6-11-7-9/h8,10H,4-7H2,1-3H3. The first-order chi connectivity index (χ1) is 5.21. The van der Waals surface area contributed by atoms with Crippen LogP contribution in [0.25, 0.3) is 0 Å². The molecule has 0 aromatic rings. The zero-order valence-electron chi connectivity index (χ0n) is 7.81. The number of rotatable bonds is 4. The largest absolute Gasteiger partial charge is 0.380 e. The van der Waals surface area contributed by atoms with Gasteiger partial charge >= 0.3 is 0 Å². The molecule has 2 heteroatoms. The SMILES string of the molecule is CCNCC1(C(C)C)COC1. The number of ether oxygens (including phenoxy) is 1. The lowest BCUT2D eigenvalue weighted by molar-refractivity contribution is -0.136. The van der Waals surface area contributed by atoms with Gasteiger partial charge in [0, 0.05) is 12.0 Å². The molecule has 1 fully saturated rings. The van der Waals surface area contributed by atoms with E-state index < -0.39 is 0 Å². The highest BCUT2D eigenvalue weighted by Gasteiger charge is 2.40. The normalized spacial score (nSPS) is 21.8. The maximum atomic E-state index is 5.26. The van der Waals surface area contributed by atoms with Crippen molar-refractivity contribution in [1.82, 2.24) is 5.32 Å². The zero-order chi connectivity index (χ0) is 8.32. The van der Waals surface area contributed by atoms with Gasteiger partial charge in [0.15, 0.2) is 0 Å². The summed E-state index contributed by atoms with van der Waals surface area (Å²) < 4.78 is 5.26. The van der Waals surface area contributed by atoms with Crippen LogP contribution < -0.4 is 5.32 Å². The molecule has 2 nitrogen and oxygen atoms in total. The smallest absolute Gasteiger partial charge is 0.0559 e. The van der Waals surface area contributed by atoms with E-state index in [0.717, 1.165) is 32.2 Å². The molecule has 0 atom stereocenters. The molecule has 0 amide bonds. The fourth-order valence-corrected chi connectivity index (χ4v) is 1.38. The summed E-state index contributed by atoms with van der Waals surface area (Å²) in [5.74, 6) is 0.732. The van der Waals surface area contributed by atoms with Gasteiger partial charge in [0.1, 0.15) is 0 Å². The van der Waals surface area contributed by atoms with Crippen LogP contribution in [-0.4, -0.2) is 26.3 Å². The minimum Gasteiger partial charge on any atom is -0.380 e. The van der Waals surface area contributed by atoms with Gasteiger partial charge in [0.05, 0.1) is 13.2 Å². The van der Waals surface area contributed by atoms with Crippen LogP contribution in [0.1, 0.15) is 20.8 Å². The Morgan fingerprint density at radius 3 is 2.36 bits per heavy atom. The molecule has 1 aliphatic heterocycles. The zero-order valence-corrected chi connectivity index (χ0v) is 7.81. The van der Waals surface area contributed by atoms with Crippen LogP contribution in [0.2, 0.25) is 0 Å². The molecule has 0 spiro atoms. The van der Waals surface area contributed by atoms with Gasteiger partial charge in [-0.1, -0.05) is 20.8 Å². The van der Waals surface area contributed by atoms with Crippen molar-refractivity contribution in [2.24, 2.45) is 11.3 Å². The molecule has 1 saturated heterocycles. The highest BCUT2D eigenvalue weighted by Crippen LogP contribution is 2.34. The van der Waals surface area contributed by atoms with Gasteiger partial charge in [-0.25, -0.2) is 0 Å². The second kappa shape index (κ2) is 3.55. The fraction of sp³-hybridized carbons (Fsp3) is 1.00. The van der Waals surface area contributed by atoms with Gasteiger partial charge in [-0.15, -0.1) is 0 Å². The maximum Gasteiger partial charge on any atom is 0.0559 e. The minimum absolute atomic E-state index is 0.440. The topological polar surface area (TPSA) is 21.3 Å². The third-order valence-electron chi connectivity index (χ3n) is 2.73. The molecule has 66 valence electrons. The summed E-state index contributed by atoms with van der Waals surface area (Å²) in [6.45, 7) is 10.8. The molecule has 1 aliphatic rings. The third-order valence-corrected chi connectivity index (χ3v) is 2.73. The predicted molar refractivity (Wildman–Crippen MR) is 46.6 cm³/mol. The Labute approximate surface area is 69.3 Å². The van der Waals surface area contributed by atoms with Crippen molar-refractivity contribution < 1.29 is 4.74 Å². The van der Waals surface area contributed by atoms with Crippen molar-refractivity contribution >= 4 is 0 Å².